The molecular weight excluding hydrogens is 242 g/mol. The van der Waals surface area contributed by atoms with Gasteiger partial charge in [-0.2, -0.15) is 0 Å². The molecule has 0 bridgehead atoms. The van der Waals surface area contributed by atoms with E-state index in [1.54, 1.807) is 0 Å². The van der Waals surface area contributed by atoms with Crippen LogP contribution in [0.2, 0.25) is 0 Å². The molecular formula is C15H11NOS. The number of fused-ring (bicyclic) bond motifs is 1. The summed E-state index contributed by atoms with van der Waals surface area (Å²) < 4.78 is 0. The summed E-state index contributed by atoms with van der Waals surface area (Å²) in [6, 6.07) is 12.0. The summed E-state index contributed by atoms with van der Waals surface area (Å²) in [5, 5.41) is 1.12. The number of aldehydes is 1. The Labute approximate surface area is 109 Å². The third-order valence-corrected chi connectivity index (χ3v) is 3.97. The number of rotatable bonds is 2. The average Bonchev–Trinajstić information content (AvgIpc) is 2.79. The third kappa shape index (κ3) is 1.73. The molecule has 2 heterocycles. The van der Waals surface area contributed by atoms with E-state index in [0.717, 1.165) is 38.1 Å². The van der Waals surface area contributed by atoms with Crippen molar-refractivity contribution in [3.05, 3.63) is 52.3 Å². The normalized spacial score (nSPS) is 10.7. The SMILES string of the molecule is Cc1sc(C=O)cc1-c1ccnc2ccccc12. The molecule has 0 aliphatic rings. The molecule has 0 atom stereocenters. The van der Waals surface area contributed by atoms with Gasteiger partial charge >= 0.3 is 0 Å². The van der Waals surface area contributed by atoms with Crippen LogP contribution in [0.1, 0.15) is 14.5 Å². The molecule has 0 aliphatic heterocycles. The van der Waals surface area contributed by atoms with E-state index < -0.39 is 0 Å². The van der Waals surface area contributed by atoms with Crippen LogP contribution in [0, 0.1) is 6.92 Å². The summed E-state index contributed by atoms with van der Waals surface area (Å²) in [7, 11) is 0. The Morgan fingerprint density at radius 2 is 2.00 bits per heavy atom. The van der Waals surface area contributed by atoms with Crippen molar-refractivity contribution < 1.29 is 4.79 Å². The number of benzene rings is 1. The Morgan fingerprint density at radius 3 is 2.78 bits per heavy atom. The molecule has 1 aromatic carbocycles. The van der Waals surface area contributed by atoms with Gasteiger partial charge in [-0.05, 0) is 36.2 Å². The second kappa shape index (κ2) is 4.35. The molecule has 0 saturated carbocycles. The first-order chi connectivity index (χ1) is 8.79. The summed E-state index contributed by atoms with van der Waals surface area (Å²) in [5.41, 5.74) is 3.25. The maximum atomic E-state index is 10.9. The molecule has 18 heavy (non-hydrogen) atoms. The van der Waals surface area contributed by atoms with Gasteiger partial charge in [0.05, 0.1) is 10.4 Å². The lowest BCUT2D eigenvalue weighted by molar-refractivity contribution is 0.112. The van der Waals surface area contributed by atoms with Crippen LogP contribution in [0.25, 0.3) is 22.0 Å². The summed E-state index contributed by atoms with van der Waals surface area (Å²) in [6.45, 7) is 2.04. The average molecular weight is 253 g/mol. The first-order valence-corrected chi connectivity index (χ1v) is 6.51. The van der Waals surface area contributed by atoms with E-state index in [0.29, 0.717) is 0 Å². The lowest BCUT2D eigenvalue weighted by atomic mass is 10.0. The molecule has 3 heteroatoms. The number of pyridine rings is 1. The van der Waals surface area contributed by atoms with E-state index in [-0.39, 0.29) is 0 Å². The van der Waals surface area contributed by atoms with Crippen molar-refractivity contribution in [1.29, 1.82) is 0 Å². The van der Waals surface area contributed by atoms with Gasteiger partial charge in [-0.3, -0.25) is 9.78 Å². The molecule has 0 amide bonds. The Kier molecular flexibility index (Phi) is 2.68. The number of hydrogen-bond acceptors (Lipinski definition) is 3. The number of nitrogens with zero attached hydrogens (tertiary/aromatic N) is 1. The number of para-hydroxylation sites is 1. The third-order valence-electron chi connectivity index (χ3n) is 2.99. The molecule has 0 saturated heterocycles. The molecule has 0 unspecified atom stereocenters. The van der Waals surface area contributed by atoms with Crippen LogP contribution in [-0.4, -0.2) is 11.3 Å². The number of aryl methyl sites for hydroxylation is 1. The summed E-state index contributed by atoms with van der Waals surface area (Å²) >= 11 is 1.53. The molecule has 3 rings (SSSR count). The first-order valence-electron chi connectivity index (χ1n) is 5.69. The van der Waals surface area contributed by atoms with E-state index in [2.05, 4.69) is 11.1 Å². The van der Waals surface area contributed by atoms with E-state index >= 15 is 0 Å². The van der Waals surface area contributed by atoms with Crippen molar-refractivity contribution >= 4 is 28.5 Å². The van der Waals surface area contributed by atoms with Gasteiger partial charge in [0.1, 0.15) is 0 Å². The Morgan fingerprint density at radius 1 is 1.17 bits per heavy atom. The summed E-state index contributed by atoms with van der Waals surface area (Å²) in [5.74, 6) is 0. The summed E-state index contributed by atoms with van der Waals surface area (Å²) in [4.78, 5) is 17.2. The molecule has 0 N–H and O–H groups in total. The van der Waals surface area contributed by atoms with Crippen molar-refractivity contribution in [3.63, 3.8) is 0 Å². The monoisotopic (exact) mass is 253 g/mol. The van der Waals surface area contributed by atoms with Gasteiger partial charge in [0, 0.05) is 16.5 Å². The number of aromatic nitrogens is 1. The van der Waals surface area contributed by atoms with Gasteiger partial charge in [-0.15, -0.1) is 11.3 Å². The lowest BCUT2D eigenvalue weighted by Gasteiger charge is -2.05. The van der Waals surface area contributed by atoms with Crippen molar-refractivity contribution in [2.45, 2.75) is 6.92 Å². The maximum Gasteiger partial charge on any atom is 0.160 e. The fourth-order valence-corrected chi connectivity index (χ4v) is 3.02. The minimum Gasteiger partial charge on any atom is -0.297 e. The highest BCUT2D eigenvalue weighted by Crippen LogP contribution is 2.34. The Hall–Kier alpha value is -2.00. The van der Waals surface area contributed by atoms with E-state index in [1.165, 1.54) is 11.3 Å². The van der Waals surface area contributed by atoms with Gasteiger partial charge in [-0.25, -0.2) is 0 Å². The molecule has 2 aromatic heterocycles. The minimum absolute atomic E-state index is 0.767. The van der Waals surface area contributed by atoms with Gasteiger partial charge in [0.15, 0.2) is 6.29 Å². The van der Waals surface area contributed by atoms with Gasteiger partial charge < -0.3 is 0 Å². The van der Waals surface area contributed by atoms with Crippen LogP contribution in [0.3, 0.4) is 0 Å². The van der Waals surface area contributed by atoms with Crippen molar-refractivity contribution in [2.75, 3.05) is 0 Å². The van der Waals surface area contributed by atoms with E-state index in [4.69, 9.17) is 0 Å². The van der Waals surface area contributed by atoms with Crippen LogP contribution in [0.15, 0.2) is 42.6 Å². The lowest BCUT2D eigenvalue weighted by Crippen LogP contribution is -1.83. The fourth-order valence-electron chi connectivity index (χ4n) is 2.16. The first kappa shape index (κ1) is 11.1. The molecule has 0 radical (unpaired) electrons. The quantitative estimate of drug-likeness (QED) is 0.644. The van der Waals surface area contributed by atoms with Crippen LogP contribution in [0.5, 0.6) is 0 Å². The second-order valence-corrected chi connectivity index (χ2v) is 5.40. The van der Waals surface area contributed by atoms with Crippen LogP contribution in [-0.2, 0) is 0 Å². The Bertz CT molecular complexity index is 725. The van der Waals surface area contributed by atoms with E-state index in [1.807, 2.05) is 43.5 Å². The van der Waals surface area contributed by atoms with Crippen LogP contribution < -0.4 is 0 Å². The zero-order valence-corrected chi connectivity index (χ0v) is 10.7. The fraction of sp³-hybridized carbons (Fsp3) is 0.0667. The molecule has 3 aromatic rings. The second-order valence-electron chi connectivity index (χ2n) is 4.11. The number of carbonyl (C=O) groups excluding carboxylic acids is 1. The van der Waals surface area contributed by atoms with Crippen molar-refractivity contribution in [3.8, 4) is 11.1 Å². The number of carbonyl (C=O) groups is 1. The molecule has 88 valence electrons. The predicted octanol–water partition coefficient (Wildman–Crippen LogP) is 4.08. The van der Waals surface area contributed by atoms with Gasteiger partial charge in [0.25, 0.3) is 0 Å². The zero-order valence-electron chi connectivity index (χ0n) is 9.88. The topological polar surface area (TPSA) is 30.0 Å². The predicted molar refractivity (Wildman–Crippen MR) is 75.2 cm³/mol. The maximum absolute atomic E-state index is 10.9. The summed E-state index contributed by atoms with van der Waals surface area (Å²) in [6.07, 6.45) is 2.72. The smallest absolute Gasteiger partial charge is 0.160 e. The highest BCUT2D eigenvalue weighted by molar-refractivity contribution is 7.14. The Balaban J connectivity index is 2.31. The molecule has 2 nitrogen and oxygen atoms in total. The molecule has 0 aliphatic carbocycles. The van der Waals surface area contributed by atoms with Gasteiger partial charge in [0.2, 0.25) is 0 Å². The highest BCUT2D eigenvalue weighted by Gasteiger charge is 2.10. The highest BCUT2D eigenvalue weighted by atomic mass is 32.1. The standard InChI is InChI=1S/C15H11NOS/c1-10-14(8-11(9-17)18-10)12-6-7-16-15-5-3-2-4-13(12)15/h2-9H,1H3. The largest absolute Gasteiger partial charge is 0.297 e. The molecule has 0 spiro atoms. The van der Waals surface area contributed by atoms with Crippen molar-refractivity contribution in [1.82, 2.24) is 4.98 Å². The van der Waals surface area contributed by atoms with Gasteiger partial charge in [-0.1, -0.05) is 18.2 Å². The van der Waals surface area contributed by atoms with E-state index in [9.17, 15) is 4.79 Å². The van der Waals surface area contributed by atoms with Crippen molar-refractivity contribution in [2.24, 2.45) is 0 Å². The molecule has 0 fully saturated rings. The minimum atomic E-state index is 0.767. The van der Waals surface area contributed by atoms with Crippen LogP contribution in [0.4, 0.5) is 0 Å². The van der Waals surface area contributed by atoms with Crippen LogP contribution >= 0.6 is 11.3 Å². The number of thiophene rings is 1. The zero-order chi connectivity index (χ0) is 12.5. The number of hydrogen-bond donors (Lipinski definition) is 0.